The molecule has 0 fully saturated rings. The highest BCUT2D eigenvalue weighted by atomic mass is 16.5. The predicted octanol–water partition coefficient (Wildman–Crippen LogP) is 1.45. The molecule has 0 unspecified atom stereocenters. The third kappa shape index (κ3) is 3.87. The van der Waals surface area contributed by atoms with E-state index in [4.69, 9.17) is 0 Å². The molecule has 0 aliphatic heterocycles. The molecule has 0 spiro atoms. The van der Waals surface area contributed by atoms with Gasteiger partial charge in [-0.15, -0.1) is 0 Å². The van der Waals surface area contributed by atoms with Gasteiger partial charge in [0.2, 0.25) is 0 Å². The fraction of sp³-hybridized carbons (Fsp3) is 0.583. The van der Waals surface area contributed by atoms with Crippen LogP contribution in [0.3, 0.4) is 0 Å². The Morgan fingerprint density at radius 2 is 1.94 bits per heavy atom. The molecule has 1 aromatic rings. The van der Waals surface area contributed by atoms with Crippen LogP contribution in [0.15, 0.2) is 6.33 Å². The van der Waals surface area contributed by atoms with Crippen molar-refractivity contribution in [3.8, 4) is 0 Å². The van der Waals surface area contributed by atoms with Crippen molar-refractivity contribution in [2.45, 2.75) is 26.7 Å². The number of hydrogen-bond donors (Lipinski definition) is 2. The van der Waals surface area contributed by atoms with Crippen molar-refractivity contribution in [3.05, 3.63) is 11.9 Å². The van der Waals surface area contributed by atoms with Gasteiger partial charge >= 0.3 is 5.97 Å². The van der Waals surface area contributed by atoms with E-state index in [9.17, 15) is 4.79 Å². The van der Waals surface area contributed by atoms with Crippen LogP contribution in [0.25, 0.3) is 0 Å². The van der Waals surface area contributed by atoms with Gasteiger partial charge in [0.1, 0.15) is 18.0 Å². The molecule has 0 aromatic carbocycles. The Morgan fingerprint density at radius 3 is 2.50 bits per heavy atom. The van der Waals surface area contributed by atoms with E-state index in [1.807, 2.05) is 13.8 Å². The van der Waals surface area contributed by atoms with E-state index in [0.29, 0.717) is 13.0 Å². The second-order valence-electron chi connectivity index (χ2n) is 3.69. The molecule has 0 atom stereocenters. The van der Waals surface area contributed by atoms with Crippen molar-refractivity contribution in [2.75, 3.05) is 30.8 Å². The number of hydrogen-bond acceptors (Lipinski definition) is 6. The lowest BCUT2D eigenvalue weighted by atomic mass is 10.2. The van der Waals surface area contributed by atoms with Gasteiger partial charge in [-0.25, -0.2) is 9.97 Å². The first-order valence-corrected chi connectivity index (χ1v) is 6.11. The lowest BCUT2D eigenvalue weighted by molar-refractivity contribution is -0.140. The summed E-state index contributed by atoms with van der Waals surface area (Å²) in [5.41, 5.74) is 1.03. The van der Waals surface area contributed by atoms with Gasteiger partial charge in [-0.2, -0.15) is 0 Å². The summed E-state index contributed by atoms with van der Waals surface area (Å²) < 4.78 is 4.58. The molecule has 0 saturated carbocycles. The zero-order valence-corrected chi connectivity index (χ0v) is 11.1. The maximum atomic E-state index is 11.0. The minimum Gasteiger partial charge on any atom is -0.469 e. The smallest absolute Gasteiger partial charge is 0.307 e. The average molecular weight is 252 g/mol. The van der Waals surface area contributed by atoms with Crippen LogP contribution in [-0.2, 0) is 16.0 Å². The van der Waals surface area contributed by atoms with E-state index in [0.717, 1.165) is 30.2 Å². The van der Waals surface area contributed by atoms with Gasteiger partial charge in [0.05, 0.1) is 13.5 Å². The van der Waals surface area contributed by atoms with Gasteiger partial charge in [0, 0.05) is 18.7 Å². The number of esters is 1. The fourth-order valence-corrected chi connectivity index (χ4v) is 1.60. The van der Waals surface area contributed by atoms with Crippen molar-refractivity contribution >= 4 is 17.6 Å². The first kappa shape index (κ1) is 14.2. The maximum absolute atomic E-state index is 11.0. The maximum Gasteiger partial charge on any atom is 0.307 e. The summed E-state index contributed by atoms with van der Waals surface area (Å²) in [6, 6.07) is 0. The van der Waals surface area contributed by atoms with Gasteiger partial charge in [-0.05, 0) is 13.3 Å². The molecule has 100 valence electrons. The highest BCUT2D eigenvalue weighted by Crippen LogP contribution is 2.20. The molecule has 18 heavy (non-hydrogen) atoms. The van der Waals surface area contributed by atoms with Crippen LogP contribution < -0.4 is 10.6 Å². The summed E-state index contributed by atoms with van der Waals surface area (Å²) in [4.78, 5) is 19.4. The Morgan fingerprint density at radius 1 is 1.28 bits per heavy atom. The molecular formula is C12H20N4O2. The molecule has 1 aromatic heterocycles. The van der Waals surface area contributed by atoms with Crippen molar-refractivity contribution in [2.24, 2.45) is 0 Å². The third-order valence-electron chi connectivity index (χ3n) is 2.49. The van der Waals surface area contributed by atoms with Crippen molar-refractivity contribution in [3.63, 3.8) is 0 Å². The van der Waals surface area contributed by atoms with E-state index in [1.54, 1.807) is 0 Å². The van der Waals surface area contributed by atoms with E-state index in [1.165, 1.54) is 13.4 Å². The molecule has 0 saturated heterocycles. The summed E-state index contributed by atoms with van der Waals surface area (Å²) in [5.74, 6) is 1.38. The Kier molecular flexibility index (Phi) is 5.90. The topological polar surface area (TPSA) is 76.1 Å². The van der Waals surface area contributed by atoms with E-state index in [-0.39, 0.29) is 5.97 Å². The minimum absolute atomic E-state index is 0.235. The van der Waals surface area contributed by atoms with E-state index in [2.05, 4.69) is 25.3 Å². The number of anilines is 2. The number of ether oxygens (including phenoxy) is 1. The quantitative estimate of drug-likeness (QED) is 0.715. The number of methoxy groups -OCH3 is 1. The molecule has 0 amide bonds. The van der Waals surface area contributed by atoms with Gasteiger partial charge in [0.15, 0.2) is 0 Å². The second-order valence-corrected chi connectivity index (χ2v) is 3.69. The summed E-state index contributed by atoms with van der Waals surface area (Å²) in [7, 11) is 1.38. The van der Waals surface area contributed by atoms with Crippen LogP contribution >= 0.6 is 0 Å². The third-order valence-corrected chi connectivity index (χ3v) is 2.49. The second kappa shape index (κ2) is 7.47. The zero-order chi connectivity index (χ0) is 13.4. The standard InChI is InChI=1S/C12H20N4O2/c1-4-9-11(13-5-2)15-8-16-12(9)14-7-6-10(17)18-3/h8H,4-7H2,1-3H3,(H2,13,14,15,16). The number of carbonyl (C=O) groups is 1. The Labute approximate surface area is 107 Å². The Balaban J connectivity index is 2.69. The molecule has 6 nitrogen and oxygen atoms in total. The Hall–Kier alpha value is -1.85. The molecule has 6 heteroatoms. The molecule has 0 bridgehead atoms. The van der Waals surface area contributed by atoms with Crippen LogP contribution in [-0.4, -0.2) is 36.1 Å². The molecular weight excluding hydrogens is 232 g/mol. The molecule has 2 N–H and O–H groups in total. The lowest BCUT2D eigenvalue weighted by Crippen LogP contribution is -2.13. The molecule has 0 aliphatic carbocycles. The van der Waals surface area contributed by atoms with Crippen molar-refractivity contribution in [1.29, 1.82) is 0 Å². The number of aromatic nitrogens is 2. The monoisotopic (exact) mass is 252 g/mol. The lowest BCUT2D eigenvalue weighted by Gasteiger charge is -2.13. The van der Waals surface area contributed by atoms with Gasteiger partial charge in [-0.3, -0.25) is 4.79 Å². The molecule has 0 aliphatic rings. The molecule has 0 radical (unpaired) electrons. The highest BCUT2D eigenvalue weighted by molar-refractivity contribution is 5.70. The van der Waals surface area contributed by atoms with Gasteiger partial charge < -0.3 is 15.4 Å². The number of nitrogens with zero attached hydrogens (tertiary/aromatic N) is 2. The minimum atomic E-state index is -0.235. The summed E-state index contributed by atoms with van der Waals surface area (Å²) in [6.45, 7) is 5.38. The molecule has 1 rings (SSSR count). The predicted molar refractivity (Wildman–Crippen MR) is 70.7 cm³/mol. The first-order chi connectivity index (χ1) is 8.72. The first-order valence-electron chi connectivity index (χ1n) is 6.11. The van der Waals surface area contributed by atoms with Crippen LogP contribution in [0, 0.1) is 0 Å². The zero-order valence-electron chi connectivity index (χ0n) is 11.1. The van der Waals surface area contributed by atoms with E-state index >= 15 is 0 Å². The number of nitrogens with one attached hydrogen (secondary N) is 2. The summed E-state index contributed by atoms with van der Waals surface area (Å²) >= 11 is 0. The normalized spacial score (nSPS) is 9.94. The number of carbonyl (C=O) groups excluding carboxylic acids is 1. The number of rotatable bonds is 7. The SMILES string of the molecule is CCNc1ncnc(NCCC(=O)OC)c1CC. The Bertz CT molecular complexity index is 396. The summed E-state index contributed by atoms with van der Waals surface area (Å²) in [6.07, 6.45) is 2.65. The van der Waals surface area contributed by atoms with Gasteiger partial charge in [-0.1, -0.05) is 6.92 Å². The molecule has 1 heterocycles. The highest BCUT2D eigenvalue weighted by Gasteiger charge is 2.09. The van der Waals surface area contributed by atoms with Crippen LogP contribution in [0.5, 0.6) is 0 Å². The fourth-order valence-electron chi connectivity index (χ4n) is 1.60. The van der Waals surface area contributed by atoms with Crippen molar-refractivity contribution in [1.82, 2.24) is 9.97 Å². The van der Waals surface area contributed by atoms with E-state index < -0.39 is 0 Å². The average Bonchev–Trinajstić information content (AvgIpc) is 2.39. The van der Waals surface area contributed by atoms with Crippen molar-refractivity contribution < 1.29 is 9.53 Å². The van der Waals surface area contributed by atoms with Crippen LogP contribution in [0.1, 0.15) is 25.8 Å². The van der Waals surface area contributed by atoms with Gasteiger partial charge in [0.25, 0.3) is 0 Å². The summed E-state index contributed by atoms with van der Waals surface area (Å²) in [5, 5.41) is 6.33. The van der Waals surface area contributed by atoms with Crippen LogP contribution in [0.2, 0.25) is 0 Å². The largest absolute Gasteiger partial charge is 0.469 e. The van der Waals surface area contributed by atoms with Crippen LogP contribution in [0.4, 0.5) is 11.6 Å².